The molecule has 1 aliphatic carbocycles. The summed E-state index contributed by atoms with van der Waals surface area (Å²) in [6.45, 7) is 10.5. The molecule has 1 atom stereocenters. The fourth-order valence-corrected chi connectivity index (χ4v) is 6.64. The van der Waals surface area contributed by atoms with Crippen molar-refractivity contribution in [1.82, 2.24) is 19.8 Å². The maximum Gasteiger partial charge on any atom is 0.254 e. The summed E-state index contributed by atoms with van der Waals surface area (Å²) in [5.41, 5.74) is 4.98. The molecule has 37 heavy (non-hydrogen) atoms. The second-order valence-corrected chi connectivity index (χ2v) is 11.1. The fraction of sp³-hybridized carbons (Fsp3) is 0.533. The van der Waals surface area contributed by atoms with E-state index in [1.54, 1.807) is 0 Å². The van der Waals surface area contributed by atoms with Gasteiger partial charge in [-0.3, -0.25) is 14.5 Å². The molecule has 5 rings (SSSR count). The Kier molecular flexibility index (Phi) is 7.28. The molecule has 0 unspecified atom stereocenters. The highest BCUT2D eigenvalue weighted by Crippen LogP contribution is 2.39. The van der Waals surface area contributed by atoms with E-state index >= 15 is 0 Å². The standard InChI is InChI=1S/C30H40N4O3/c1-18-14-19(2)32-29(35)26(18)15-31-30(36)28-21(4)34(27-9-7-6-8-25(27)28)20(3)22-10-12-23(13-11-22)33-16-24(17-33)37-5/h6-9,14,20,22-24H,10-13,15-17H2,1-5H3,(H,31,36)(H,32,35)/t20-,22?,23?/m1/s1. The average Bonchev–Trinajstić information content (AvgIpc) is 3.14. The minimum Gasteiger partial charge on any atom is -0.379 e. The summed E-state index contributed by atoms with van der Waals surface area (Å²) >= 11 is 0. The zero-order valence-electron chi connectivity index (χ0n) is 22.8. The van der Waals surface area contributed by atoms with E-state index in [9.17, 15) is 9.59 Å². The minimum atomic E-state index is -0.142. The number of likely N-dealkylation sites (tertiary alicyclic amines) is 1. The first-order valence-corrected chi connectivity index (χ1v) is 13.6. The quantitative estimate of drug-likeness (QED) is 0.492. The lowest BCUT2D eigenvalue weighted by molar-refractivity contribution is -0.0605. The van der Waals surface area contributed by atoms with Crippen LogP contribution in [0.3, 0.4) is 0 Å². The molecule has 1 aromatic carbocycles. The van der Waals surface area contributed by atoms with Gasteiger partial charge in [0.05, 0.1) is 11.7 Å². The number of rotatable bonds is 7. The molecule has 198 valence electrons. The first-order chi connectivity index (χ1) is 17.8. The van der Waals surface area contributed by atoms with E-state index in [4.69, 9.17) is 4.74 Å². The van der Waals surface area contributed by atoms with E-state index in [1.165, 1.54) is 25.7 Å². The van der Waals surface area contributed by atoms with Crippen molar-refractivity contribution in [2.45, 2.75) is 78.1 Å². The minimum absolute atomic E-state index is 0.131. The fourth-order valence-electron chi connectivity index (χ4n) is 6.64. The highest BCUT2D eigenvalue weighted by Gasteiger charge is 2.36. The van der Waals surface area contributed by atoms with Crippen molar-refractivity contribution < 1.29 is 9.53 Å². The van der Waals surface area contributed by atoms with Crippen molar-refractivity contribution >= 4 is 16.8 Å². The van der Waals surface area contributed by atoms with Crippen LogP contribution >= 0.6 is 0 Å². The molecule has 7 nitrogen and oxygen atoms in total. The summed E-state index contributed by atoms with van der Waals surface area (Å²) in [5.74, 6) is 0.447. The average molecular weight is 505 g/mol. The lowest BCUT2D eigenvalue weighted by atomic mass is 9.80. The van der Waals surface area contributed by atoms with Gasteiger partial charge in [0, 0.05) is 66.7 Å². The second-order valence-electron chi connectivity index (χ2n) is 11.1. The summed E-state index contributed by atoms with van der Waals surface area (Å²) in [6.07, 6.45) is 5.25. The molecule has 2 aliphatic rings. The van der Waals surface area contributed by atoms with Crippen LogP contribution in [0.15, 0.2) is 35.1 Å². The molecule has 1 saturated carbocycles. The molecule has 3 aromatic rings. The number of carbonyl (C=O) groups is 1. The molecule has 1 amide bonds. The maximum atomic E-state index is 13.5. The van der Waals surface area contributed by atoms with E-state index in [0.717, 1.165) is 40.9 Å². The van der Waals surface area contributed by atoms with Gasteiger partial charge in [-0.1, -0.05) is 18.2 Å². The van der Waals surface area contributed by atoms with Crippen LogP contribution in [0.1, 0.15) is 71.5 Å². The number of pyridine rings is 1. The number of nitrogens with zero attached hydrogens (tertiary/aromatic N) is 2. The first kappa shape index (κ1) is 25.7. The van der Waals surface area contributed by atoms with Crippen LogP contribution in [0.5, 0.6) is 0 Å². The maximum absolute atomic E-state index is 13.5. The monoisotopic (exact) mass is 504 g/mol. The summed E-state index contributed by atoms with van der Waals surface area (Å²) in [4.78, 5) is 31.4. The Morgan fingerprint density at radius 3 is 2.51 bits per heavy atom. The van der Waals surface area contributed by atoms with E-state index in [-0.39, 0.29) is 18.0 Å². The predicted molar refractivity (Wildman–Crippen MR) is 147 cm³/mol. The summed E-state index contributed by atoms with van der Waals surface area (Å²) in [5, 5.41) is 4.00. The number of H-pyrrole nitrogens is 1. The molecular formula is C30H40N4O3. The van der Waals surface area contributed by atoms with Gasteiger partial charge in [-0.25, -0.2) is 0 Å². The molecule has 1 saturated heterocycles. The van der Waals surface area contributed by atoms with Crippen LogP contribution in [-0.4, -0.2) is 52.7 Å². The highest BCUT2D eigenvalue weighted by molar-refractivity contribution is 6.08. The Bertz CT molecular complexity index is 1340. The molecule has 0 radical (unpaired) electrons. The van der Waals surface area contributed by atoms with Gasteiger partial charge in [-0.2, -0.15) is 0 Å². The van der Waals surface area contributed by atoms with Crippen molar-refractivity contribution in [3.8, 4) is 0 Å². The van der Waals surface area contributed by atoms with Crippen molar-refractivity contribution in [1.29, 1.82) is 0 Å². The first-order valence-electron chi connectivity index (χ1n) is 13.6. The third-order valence-electron chi connectivity index (χ3n) is 8.86. The molecule has 2 N–H and O–H groups in total. The van der Waals surface area contributed by atoms with Gasteiger partial charge in [0.1, 0.15) is 0 Å². The number of hydrogen-bond acceptors (Lipinski definition) is 4. The molecule has 7 heteroatoms. The number of amides is 1. The largest absolute Gasteiger partial charge is 0.379 e. The Balaban J connectivity index is 1.34. The SMILES string of the molecule is COC1CN(C2CCC([C@@H](C)n3c(C)c(C(=O)NCc4c(C)cc(C)[nH]c4=O)c4ccccc43)CC2)C1. The number of hydrogen-bond donors (Lipinski definition) is 2. The van der Waals surface area contributed by atoms with Crippen molar-refractivity contribution in [2.75, 3.05) is 20.2 Å². The third kappa shape index (κ3) is 4.87. The number of aromatic amines is 1. The van der Waals surface area contributed by atoms with E-state index < -0.39 is 0 Å². The number of carbonyl (C=O) groups excluding carboxylic acids is 1. The molecule has 2 fully saturated rings. The van der Waals surface area contributed by atoms with Gasteiger partial charge in [-0.15, -0.1) is 0 Å². The summed E-state index contributed by atoms with van der Waals surface area (Å²) in [6, 6.07) is 11.1. The van der Waals surface area contributed by atoms with Crippen molar-refractivity contribution in [3.05, 3.63) is 68.8 Å². The van der Waals surface area contributed by atoms with E-state index in [1.807, 2.05) is 39.2 Å². The van der Waals surface area contributed by atoms with Crippen LogP contribution in [0.25, 0.3) is 10.9 Å². The molecule has 0 spiro atoms. The van der Waals surface area contributed by atoms with E-state index in [2.05, 4.69) is 45.7 Å². The predicted octanol–water partition coefficient (Wildman–Crippen LogP) is 4.64. The Hall–Kier alpha value is -2.90. The zero-order valence-corrected chi connectivity index (χ0v) is 22.8. The lowest BCUT2D eigenvalue weighted by Crippen LogP contribution is -2.56. The van der Waals surface area contributed by atoms with Crippen molar-refractivity contribution in [2.24, 2.45) is 5.92 Å². The van der Waals surface area contributed by atoms with Gasteiger partial charge < -0.3 is 19.6 Å². The highest BCUT2D eigenvalue weighted by atomic mass is 16.5. The van der Waals surface area contributed by atoms with Gasteiger partial charge in [0.2, 0.25) is 0 Å². The van der Waals surface area contributed by atoms with Crippen LogP contribution < -0.4 is 10.9 Å². The van der Waals surface area contributed by atoms with Crippen LogP contribution in [0.4, 0.5) is 0 Å². The van der Waals surface area contributed by atoms with Crippen LogP contribution in [0, 0.1) is 26.7 Å². The number of methoxy groups -OCH3 is 1. The molecule has 2 aromatic heterocycles. The van der Waals surface area contributed by atoms with Gasteiger partial charge >= 0.3 is 0 Å². The Morgan fingerprint density at radius 2 is 1.84 bits per heavy atom. The number of para-hydroxylation sites is 1. The van der Waals surface area contributed by atoms with Gasteiger partial charge in [-0.05, 0) is 77.0 Å². The number of benzene rings is 1. The number of fused-ring (bicyclic) bond motifs is 1. The number of aryl methyl sites for hydroxylation is 2. The van der Waals surface area contributed by atoms with Gasteiger partial charge in [0.15, 0.2) is 0 Å². The molecule has 1 aliphatic heterocycles. The van der Waals surface area contributed by atoms with Gasteiger partial charge in [0.25, 0.3) is 11.5 Å². The second kappa shape index (κ2) is 10.5. The Labute approximate surface area is 219 Å². The topological polar surface area (TPSA) is 79.4 Å². The molecular weight excluding hydrogens is 464 g/mol. The summed E-state index contributed by atoms with van der Waals surface area (Å²) in [7, 11) is 1.81. The van der Waals surface area contributed by atoms with Crippen LogP contribution in [-0.2, 0) is 11.3 Å². The number of ether oxygens (including phenoxy) is 1. The third-order valence-corrected chi connectivity index (χ3v) is 8.86. The smallest absolute Gasteiger partial charge is 0.254 e. The van der Waals surface area contributed by atoms with Crippen molar-refractivity contribution in [3.63, 3.8) is 0 Å². The number of aromatic nitrogens is 2. The number of nitrogens with one attached hydrogen (secondary N) is 2. The molecule has 3 heterocycles. The normalized spacial score (nSPS) is 21.6. The zero-order chi connectivity index (χ0) is 26.3. The summed E-state index contributed by atoms with van der Waals surface area (Å²) < 4.78 is 7.84. The molecule has 0 bridgehead atoms. The Morgan fingerprint density at radius 1 is 1.14 bits per heavy atom. The lowest BCUT2D eigenvalue weighted by Gasteiger charge is -2.46. The van der Waals surface area contributed by atoms with E-state index in [0.29, 0.717) is 35.2 Å². The van der Waals surface area contributed by atoms with Crippen LogP contribution in [0.2, 0.25) is 0 Å².